The molecule has 5 rings (SSSR count). The third-order valence-electron chi connectivity index (χ3n) is 6.18. The molecule has 31 heavy (non-hydrogen) atoms. The minimum absolute atomic E-state index is 0.175. The monoisotopic (exact) mass is 415 g/mol. The predicted octanol–water partition coefficient (Wildman–Crippen LogP) is 3.46. The van der Waals surface area contributed by atoms with Gasteiger partial charge in [0.05, 0.1) is 10.9 Å². The van der Waals surface area contributed by atoms with Gasteiger partial charge in [0.2, 0.25) is 0 Å². The van der Waals surface area contributed by atoms with Gasteiger partial charge >= 0.3 is 5.63 Å². The van der Waals surface area contributed by atoms with Gasteiger partial charge in [-0.25, -0.2) is 4.79 Å². The molecule has 6 heteroatoms. The lowest BCUT2D eigenvalue weighted by molar-refractivity contribution is 0.0943. The van der Waals surface area contributed by atoms with Crippen LogP contribution in [0.3, 0.4) is 0 Å². The number of fused-ring (bicyclic) bond motifs is 4. The number of amides is 1. The van der Waals surface area contributed by atoms with Gasteiger partial charge in [0, 0.05) is 38.6 Å². The summed E-state index contributed by atoms with van der Waals surface area (Å²) in [6.45, 7) is 3.55. The lowest BCUT2D eigenvalue weighted by Gasteiger charge is -2.28. The molecule has 0 unspecified atom stereocenters. The number of nitrogens with zero attached hydrogens (tertiary/aromatic N) is 2. The van der Waals surface area contributed by atoms with E-state index in [1.54, 1.807) is 16.7 Å². The first-order valence-electron chi connectivity index (χ1n) is 10.7. The Labute approximate surface area is 180 Å². The quantitative estimate of drug-likeness (QED) is 0.400. The number of nitrogens with one attached hydrogen (secondary N) is 1. The molecule has 1 N–H and O–H groups in total. The van der Waals surface area contributed by atoms with Gasteiger partial charge in [0.25, 0.3) is 5.91 Å². The normalized spacial score (nSPS) is 14.1. The van der Waals surface area contributed by atoms with Crippen LogP contribution in [0.5, 0.6) is 0 Å². The largest absolute Gasteiger partial charge is 0.422 e. The summed E-state index contributed by atoms with van der Waals surface area (Å²) in [6, 6.07) is 17.6. The van der Waals surface area contributed by atoms with Crippen LogP contribution >= 0.6 is 0 Å². The van der Waals surface area contributed by atoms with Crippen molar-refractivity contribution in [2.45, 2.75) is 19.4 Å². The van der Waals surface area contributed by atoms with Gasteiger partial charge in [-0.1, -0.05) is 36.4 Å². The summed E-state index contributed by atoms with van der Waals surface area (Å²) >= 11 is 0. The molecule has 4 aromatic rings. The second kappa shape index (κ2) is 8.04. The van der Waals surface area contributed by atoms with Crippen molar-refractivity contribution < 1.29 is 9.21 Å². The fourth-order valence-corrected chi connectivity index (χ4v) is 4.55. The topological polar surface area (TPSA) is 67.5 Å². The van der Waals surface area contributed by atoms with Gasteiger partial charge in [0.1, 0.15) is 11.3 Å². The van der Waals surface area contributed by atoms with E-state index < -0.39 is 5.63 Å². The SMILES string of the molecule is Cn1c(C(=O)NCCCN2CCc3ccccc3C2)cc2c(=O)oc3ccccc3c21. The van der Waals surface area contributed by atoms with Gasteiger partial charge in [-0.15, -0.1) is 0 Å². The molecule has 0 atom stereocenters. The van der Waals surface area contributed by atoms with Crippen molar-refractivity contribution in [3.8, 4) is 0 Å². The summed E-state index contributed by atoms with van der Waals surface area (Å²) in [4.78, 5) is 27.6. The summed E-state index contributed by atoms with van der Waals surface area (Å²) in [5.41, 5.74) is 4.14. The first-order valence-corrected chi connectivity index (χ1v) is 10.7. The standard InChI is InChI=1S/C25H25N3O3/c1-27-21(15-20-23(27)19-9-4-5-10-22(19)31-25(20)30)24(29)26-12-6-13-28-14-11-17-7-2-3-8-18(17)16-28/h2-5,7-10,15H,6,11-14,16H2,1H3,(H,26,29). The Bertz CT molecular complexity index is 1340. The fourth-order valence-electron chi connectivity index (χ4n) is 4.55. The average Bonchev–Trinajstić information content (AvgIpc) is 3.15. The highest BCUT2D eigenvalue weighted by molar-refractivity contribution is 6.07. The Morgan fingerprint density at radius 2 is 1.84 bits per heavy atom. The zero-order valence-corrected chi connectivity index (χ0v) is 17.6. The zero-order chi connectivity index (χ0) is 21.4. The van der Waals surface area contributed by atoms with Crippen LogP contribution in [0.4, 0.5) is 0 Å². The average molecular weight is 415 g/mol. The van der Waals surface area contributed by atoms with Gasteiger partial charge in [-0.05, 0) is 42.2 Å². The molecular weight excluding hydrogens is 390 g/mol. The van der Waals surface area contributed by atoms with E-state index in [4.69, 9.17) is 4.42 Å². The summed E-state index contributed by atoms with van der Waals surface area (Å²) in [7, 11) is 1.81. The molecule has 2 aromatic carbocycles. The first kappa shape index (κ1) is 19.6. The molecule has 158 valence electrons. The summed E-state index contributed by atoms with van der Waals surface area (Å²) in [5, 5.41) is 4.26. The molecule has 0 radical (unpaired) electrons. The van der Waals surface area contributed by atoms with Gasteiger partial charge in [-0.3, -0.25) is 9.69 Å². The first-order chi connectivity index (χ1) is 15.1. The van der Waals surface area contributed by atoms with Gasteiger partial charge in [0.15, 0.2) is 0 Å². The molecule has 0 spiro atoms. The van der Waals surface area contributed by atoms with Crippen molar-refractivity contribution in [3.63, 3.8) is 0 Å². The molecule has 0 bridgehead atoms. The second-order valence-electron chi connectivity index (χ2n) is 8.14. The maximum atomic E-state index is 12.8. The fraction of sp³-hybridized carbons (Fsp3) is 0.280. The van der Waals surface area contributed by atoms with E-state index in [0.717, 1.165) is 43.4 Å². The summed E-state index contributed by atoms with van der Waals surface area (Å²) in [5.74, 6) is -0.175. The van der Waals surface area contributed by atoms with E-state index in [0.29, 0.717) is 23.2 Å². The molecule has 2 aromatic heterocycles. The van der Waals surface area contributed by atoms with E-state index in [1.165, 1.54) is 11.1 Å². The number of carbonyl (C=O) groups excluding carboxylic acids is 1. The summed E-state index contributed by atoms with van der Waals surface area (Å²) in [6.07, 6.45) is 1.96. The van der Waals surface area contributed by atoms with Crippen molar-refractivity contribution in [1.82, 2.24) is 14.8 Å². The van der Waals surface area contributed by atoms with E-state index in [2.05, 4.69) is 34.5 Å². The number of benzene rings is 2. The smallest absolute Gasteiger partial charge is 0.345 e. The maximum Gasteiger partial charge on any atom is 0.345 e. The van der Waals surface area contributed by atoms with Crippen molar-refractivity contribution in [1.29, 1.82) is 0 Å². The zero-order valence-electron chi connectivity index (χ0n) is 17.6. The van der Waals surface area contributed by atoms with Gasteiger partial charge in [-0.2, -0.15) is 0 Å². The van der Waals surface area contributed by atoms with E-state index >= 15 is 0 Å². The van der Waals surface area contributed by atoms with Crippen LogP contribution in [0, 0.1) is 0 Å². The number of carbonyl (C=O) groups is 1. The van der Waals surface area contributed by atoms with E-state index in [1.807, 2.05) is 25.2 Å². The maximum absolute atomic E-state index is 12.8. The van der Waals surface area contributed by atoms with E-state index in [9.17, 15) is 9.59 Å². The molecular formula is C25H25N3O3. The highest BCUT2D eigenvalue weighted by Gasteiger charge is 2.19. The number of hydrogen-bond acceptors (Lipinski definition) is 4. The van der Waals surface area contributed by atoms with Crippen LogP contribution in [0.2, 0.25) is 0 Å². The Balaban J connectivity index is 1.25. The number of aryl methyl sites for hydroxylation is 1. The number of hydrogen-bond donors (Lipinski definition) is 1. The van der Waals surface area contributed by atoms with Crippen molar-refractivity contribution in [2.24, 2.45) is 7.05 Å². The molecule has 3 heterocycles. The van der Waals surface area contributed by atoms with Crippen LogP contribution in [-0.4, -0.2) is 35.0 Å². The molecule has 0 fully saturated rings. The highest BCUT2D eigenvalue weighted by atomic mass is 16.4. The Kier molecular flexibility index (Phi) is 5.08. The number of para-hydroxylation sites is 1. The molecule has 6 nitrogen and oxygen atoms in total. The number of aromatic nitrogens is 1. The van der Waals surface area contributed by atoms with Crippen LogP contribution < -0.4 is 10.9 Å². The molecule has 0 saturated carbocycles. The van der Waals surface area contributed by atoms with Crippen molar-refractivity contribution in [3.05, 3.63) is 81.8 Å². The number of rotatable bonds is 5. The van der Waals surface area contributed by atoms with Crippen molar-refractivity contribution in [2.75, 3.05) is 19.6 Å². The Hall–Kier alpha value is -3.38. The second-order valence-corrected chi connectivity index (χ2v) is 8.14. The van der Waals surface area contributed by atoms with Crippen LogP contribution in [0.1, 0.15) is 28.0 Å². The third kappa shape index (κ3) is 3.64. The van der Waals surface area contributed by atoms with Crippen LogP contribution in [-0.2, 0) is 20.0 Å². The molecule has 1 aliphatic rings. The summed E-state index contributed by atoms with van der Waals surface area (Å²) < 4.78 is 7.19. The lowest BCUT2D eigenvalue weighted by Crippen LogP contribution is -2.34. The molecule has 0 aliphatic carbocycles. The van der Waals surface area contributed by atoms with Crippen LogP contribution in [0.15, 0.2) is 63.8 Å². The third-order valence-corrected chi connectivity index (χ3v) is 6.18. The predicted molar refractivity (Wildman–Crippen MR) is 121 cm³/mol. The molecule has 1 amide bonds. The minimum atomic E-state index is -0.422. The van der Waals surface area contributed by atoms with Crippen molar-refractivity contribution >= 4 is 27.8 Å². The minimum Gasteiger partial charge on any atom is -0.422 e. The van der Waals surface area contributed by atoms with E-state index in [-0.39, 0.29) is 5.91 Å². The molecule has 1 aliphatic heterocycles. The Morgan fingerprint density at radius 3 is 2.71 bits per heavy atom. The highest BCUT2D eigenvalue weighted by Crippen LogP contribution is 2.25. The Morgan fingerprint density at radius 1 is 1.06 bits per heavy atom. The van der Waals surface area contributed by atoms with Gasteiger partial charge < -0.3 is 14.3 Å². The van der Waals surface area contributed by atoms with Crippen LogP contribution in [0.25, 0.3) is 21.9 Å². The lowest BCUT2D eigenvalue weighted by atomic mass is 10.00. The molecule has 0 saturated heterocycles.